The van der Waals surface area contributed by atoms with E-state index in [1.807, 2.05) is 0 Å². The van der Waals surface area contributed by atoms with Gasteiger partial charge in [0.25, 0.3) is 0 Å². The number of halogens is 1. The van der Waals surface area contributed by atoms with Crippen molar-refractivity contribution in [2.24, 2.45) is 0 Å². The van der Waals surface area contributed by atoms with Crippen molar-refractivity contribution >= 4 is 34.8 Å². The minimum atomic E-state index is -5.79. The van der Waals surface area contributed by atoms with Gasteiger partial charge in [-0.2, -0.15) is 19.0 Å². The topological polar surface area (TPSA) is 269 Å². The number of ether oxygens (including phenoxy) is 1. The van der Waals surface area contributed by atoms with Gasteiger partial charge >= 0.3 is 23.5 Å². The molecule has 2 unspecified atom stereocenters. The minimum Gasteiger partial charge on any atom is -0.387 e. The number of hydrogen-bond donors (Lipinski definition) is 6. The van der Waals surface area contributed by atoms with Crippen LogP contribution in [0.2, 0.25) is 0 Å². The normalized spacial score (nSPS) is 29.4. The number of aliphatic hydroxyl groups excluding tert-OH is 1. The van der Waals surface area contributed by atoms with E-state index >= 15 is 4.39 Å². The number of nitrogens with zero attached hydrogens (tertiary/aromatic N) is 4. The molecule has 0 bridgehead atoms. The Morgan fingerprint density at radius 3 is 2.52 bits per heavy atom. The third kappa shape index (κ3) is 5.31. The molecule has 1 aliphatic heterocycles. The number of hydrogen-bond acceptors (Lipinski definition) is 12. The molecule has 33 heavy (non-hydrogen) atoms. The molecule has 6 atom stereocenters. The van der Waals surface area contributed by atoms with Crippen LogP contribution in [0.15, 0.2) is 18.5 Å². The molecule has 0 spiro atoms. The lowest BCUT2D eigenvalue weighted by Gasteiger charge is -2.23. The molecule has 3 heterocycles. The lowest BCUT2D eigenvalue weighted by Crippen LogP contribution is -2.37. The first-order valence-corrected chi connectivity index (χ1v) is 12.9. The second kappa shape index (κ2) is 8.75. The van der Waals surface area contributed by atoms with Gasteiger partial charge in [0.2, 0.25) is 5.60 Å². The van der Waals surface area contributed by atoms with E-state index in [-0.39, 0.29) is 17.0 Å². The number of rotatable bonds is 8. The zero-order valence-corrected chi connectivity index (χ0v) is 18.5. The van der Waals surface area contributed by atoms with Crippen LogP contribution >= 0.6 is 23.5 Å². The Morgan fingerprint density at radius 2 is 1.91 bits per heavy atom. The molecular weight excluding hydrogens is 518 g/mol. The van der Waals surface area contributed by atoms with Crippen molar-refractivity contribution in [1.82, 2.24) is 14.6 Å². The van der Waals surface area contributed by atoms with Crippen LogP contribution in [0.3, 0.4) is 0 Å². The summed E-state index contributed by atoms with van der Waals surface area (Å²) in [5, 5.41) is 23.7. The number of phosphoric acid groups is 3. The Hall–Kier alpha value is -1.83. The monoisotopic (exact) mass is 533 g/mol. The summed E-state index contributed by atoms with van der Waals surface area (Å²) in [7, 11) is -17.0. The standard InChI is InChI=1S/C12H15FN5O12P3/c13-10-9(19)7(3-27-32(23,24)30-33(25,26)29-31(20,21)22)28-12(10,4-14)8-2-1-6-11(15)16-5-17-18(6)8/h1-2,5,7,9-10,19H,3H2,(H,23,24)(H,25,26)(H2,15,16,17)(H2,20,21,22)/t7-,9-,10-,12+/m1/s1. The predicted octanol–water partition coefficient (Wildman–Crippen LogP) is -0.529. The van der Waals surface area contributed by atoms with Gasteiger partial charge in [-0.05, 0) is 12.1 Å². The lowest BCUT2D eigenvalue weighted by molar-refractivity contribution is -0.0556. The Labute approximate surface area is 182 Å². The van der Waals surface area contributed by atoms with Crippen LogP contribution in [0.5, 0.6) is 0 Å². The van der Waals surface area contributed by atoms with Crippen LogP contribution < -0.4 is 5.73 Å². The second-order valence-corrected chi connectivity index (χ2v) is 10.9. The van der Waals surface area contributed by atoms with Gasteiger partial charge in [-0.15, -0.1) is 0 Å². The average molecular weight is 533 g/mol. The zero-order valence-electron chi connectivity index (χ0n) is 15.9. The first kappa shape index (κ1) is 25.8. The molecule has 2 aromatic rings. The van der Waals surface area contributed by atoms with Gasteiger partial charge < -0.3 is 35.2 Å². The van der Waals surface area contributed by atoms with Crippen LogP contribution in [0.25, 0.3) is 5.52 Å². The number of aliphatic hydroxyl groups is 1. The van der Waals surface area contributed by atoms with Crippen LogP contribution in [0, 0.1) is 11.3 Å². The summed E-state index contributed by atoms with van der Waals surface area (Å²) in [6.07, 6.45) is -5.33. The Balaban J connectivity index is 1.80. The number of phosphoric ester groups is 1. The molecule has 0 aliphatic carbocycles. The van der Waals surface area contributed by atoms with Gasteiger partial charge in [-0.3, -0.25) is 4.52 Å². The fourth-order valence-electron chi connectivity index (χ4n) is 2.99. The van der Waals surface area contributed by atoms with Gasteiger partial charge in [-0.25, -0.2) is 27.6 Å². The van der Waals surface area contributed by atoms with Crippen LogP contribution in [0.4, 0.5) is 10.2 Å². The van der Waals surface area contributed by atoms with Crippen molar-refractivity contribution in [2.75, 3.05) is 12.3 Å². The number of anilines is 1. The molecule has 1 saturated heterocycles. The van der Waals surface area contributed by atoms with E-state index in [1.54, 1.807) is 6.07 Å². The van der Waals surface area contributed by atoms with Gasteiger partial charge in [0.15, 0.2) is 12.0 Å². The highest BCUT2D eigenvalue weighted by atomic mass is 31.3. The Kier molecular flexibility index (Phi) is 6.84. The van der Waals surface area contributed by atoms with Gasteiger partial charge in [0.05, 0.1) is 12.3 Å². The highest BCUT2D eigenvalue weighted by Gasteiger charge is 2.59. The van der Waals surface area contributed by atoms with Crippen molar-refractivity contribution in [1.29, 1.82) is 5.26 Å². The third-order valence-corrected chi connectivity index (χ3v) is 8.06. The quantitative estimate of drug-likeness (QED) is 0.233. The summed E-state index contributed by atoms with van der Waals surface area (Å²) in [5.74, 6) is -0.0116. The minimum absolute atomic E-state index is 0.0116. The van der Waals surface area contributed by atoms with Crippen molar-refractivity contribution < 1.29 is 60.6 Å². The smallest absolute Gasteiger partial charge is 0.387 e. The van der Waals surface area contributed by atoms with E-state index in [1.165, 1.54) is 12.1 Å². The lowest BCUT2D eigenvalue weighted by atomic mass is 9.94. The van der Waals surface area contributed by atoms with Gasteiger partial charge in [0, 0.05) is 0 Å². The maximum atomic E-state index is 15.1. The molecule has 21 heteroatoms. The van der Waals surface area contributed by atoms with Crippen LogP contribution in [-0.2, 0) is 37.2 Å². The fraction of sp³-hybridized carbons (Fsp3) is 0.417. The van der Waals surface area contributed by atoms with Crippen LogP contribution in [0.1, 0.15) is 5.69 Å². The molecule has 1 aliphatic rings. The number of alkyl halides is 1. The van der Waals surface area contributed by atoms with E-state index in [0.29, 0.717) is 0 Å². The van der Waals surface area contributed by atoms with E-state index in [2.05, 4.69) is 23.2 Å². The van der Waals surface area contributed by atoms with Crippen molar-refractivity contribution in [3.8, 4) is 6.07 Å². The first-order chi connectivity index (χ1) is 15.1. The van der Waals surface area contributed by atoms with Gasteiger partial charge in [0.1, 0.15) is 30.1 Å². The summed E-state index contributed by atoms with van der Waals surface area (Å²) in [5.41, 5.74) is 3.18. The average Bonchev–Trinajstić information content (AvgIpc) is 3.20. The molecule has 3 rings (SSSR count). The predicted molar refractivity (Wildman–Crippen MR) is 100 cm³/mol. The Morgan fingerprint density at radius 1 is 1.24 bits per heavy atom. The molecule has 0 amide bonds. The summed E-state index contributed by atoms with van der Waals surface area (Å²) >= 11 is 0. The molecule has 182 valence electrons. The molecule has 7 N–H and O–H groups in total. The Bertz CT molecular complexity index is 1250. The maximum Gasteiger partial charge on any atom is 0.490 e. The molecule has 0 aromatic carbocycles. The number of fused-ring (bicyclic) bond motifs is 1. The third-order valence-electron chi connectivity index (χ3n) is 4.25. The summed E-state index contributed by atoms with van der Waals surface area (Å²) in [4.78, 5) is 39.4. The summed E-state index contributed by atoms with van der Waals surface area (Å²) in [6, 6.07) is 4.16. The molecule has 2 aromatic heterocycles. The molecule has 17 nitrogen and oxygen atoms in total. The van der Waals surface area contributed by atoms with E-state index in [0.717, 1.165) is 10.8 Å². The maximum absolute atomic E-state index is 15.1. The molecule has 1 fully saturated rings. The number of nitriles is 1. The largest absolute Gasteiger partial charge is 0.490 e. The number of aromatic nitrogens is 3. The summed E-state index contributed by atoms with van der Waals surface area (Å²) < 4.78 is 66.7. The van der Waals surface area contributed by atoms with Crippen molar-refractivity contribution in [2.45, 2.75) is 24.0 Å². The highest BCUT2D eigenvalue weighted by molar-refractivity contribution is 7.66. The van der Waals surface area contributed by atoms with E-state index < -0.39 is 54.1 Å². The molecule has 0 saturated carbocycles. The summed E-state index contributed by atoms with van der Waals surface area (Å²) in [6.45, 7) is -1.17. The highest BCUT2D eigenvalue weighted by Crippen LogP contribution is 2.66. The van der Waals surface area contributed by atoms with E-state index in [9.17, 15) is 29.0 Å². The van der Waals surface area contributed by atoms with Crippen LogP contribution in [-0.4, -0.2) is 64.3 Å². The van der Waals surface area contributed by atoms with Crippen molar-refractivity contribution in [3.05, 3.63) is 24.2 Å². The second-order valence-electron chi connectivity index (χ2n) is 6.44. The van der Waals surface area contributed by atoms with E-state index in [4.69, 9.17) is 25.2 Å². The number of nitrogens with two attached hydrogens (primary N) is 1. The van der Waals surface area contributed by atoms with Gasteiger partial charge in [-0.1, -0.05) is 0 Å². The fourth-order valence-corrected chi connectivity index (χ4v) is 6.02. The number of nitrogen functional groups attached to an aromatic ring is 1. The SMILES string of the molecule is N#C[C@@]1(c2ccc3c(N)ncnn23)O[C@H](COP(=O)(O)OP(=O)(O)OP(=O)(O)O)[C@@H](O)[C@H]1F. The molecular formula is C12H15FN5O12P3. The zero-order chi connectivity index (χ0) is 24.8. The first-order valence-electron chi connectivity index (χ1n) is 8.39. The van der Waals surface area contributed by atoms with Crippen molar-refractivity contribution in [3.63, 3.8) is 0 Å². The molecule has 0 radical (unpaired) electrons.